The summed E-state index contributed by atoms with van der Waals surface area (Å²) in [6, 6.07) is 11.0. The third kappa shape index (κ3) is 4.33. The predicted octanol–water partition coefficient (Wildman–Crippen LogP) is 2.39. The number of hydrogen-bond donors (Lipinski definition) is 1. The molecule has 25 heavy (non-hydrogen) atoms. The molecule has 2 heterocycles. The van der Waals surface area contributed by atoms with Gasteiger partial charge in [-0.15, -0.1) is 0 Å². The summed E-state index contributed by atoms with van der Waals surface area (Å²) in [4.78, 5) is 12.1. The van der Waals surface area contributed by atoms with Crippen molar-refractivity contribution in [3.63, 3.8) is 0 Å². The zero-order valence-electron chi connectivity index (χ0n) is 13.8. The Labute approximate surface area is 149 Å². The summed E-state index contributed by atoms with van der Waals surface area (Å²) in [6.45, 7) is 2.45. The molecule has 1 aromatic carbocycles. The van der Waals surface area contributed by atoms with Gasteiger partial charge in [-0.3, -0.25) is 14.2 Å². The lowest BCUT2D eigenvalue weighted by molar-refractivity contribution is 0.0949. The number of carbonyl (C=O) groups is 1. The van der Waals surface area contributed by atoms with E-state index in [0.717, 1.165) is 17.0 Å². The smallest absolute Gasteiger partial charge is 0.268 e. The highest BCUT2D eigenvalue weighted by molar-refractivity contribution is 6.30. The maximum absolute atomic E-state index is 12.1. The molecule has 1 amide bonds. The normalized spacial score (nSPS) is 11.2. The molecule has 1 N–H and O–H groups in total. The summed E-state index contributed by atoms with van der Waals surface area (Å²) in [5.41, 5.74) is 5.49. The second-order valence-electron chi connectivity index (χ2n) is 5.56. The van der Waals surface area contributed by atoms with Crippen LogP contribution in [0, 0.1) is 6.92 Å². The number of rotatable bonds is 5. The molecule has 7 nitrogen and oxygen atoms in total. The van der Waals surface area contributed by atoms with Crippen molar-refractivity contribution >= 4 is 23.7 Å². The van der Waals surface area contributed by atoms with Crippen LogP contribution in [-0.2, 0) is 13.6 Å². The molecule has 0 aliphatic heterocycles. The van der Waals surface area contributed by atoms with Gasteiger partial charge >= 0.3 is 0 Å². The van der Waals surface area contributed by atoms with Crippen LogP contribution in [0.1, 0.15) is 27.4 Å². The Morgan fingerprint density at radius 2 is 2.04 bits per heavy atom. The fourth-order valence-corrected chi connectivity index (χ4v) is 2.44. The molecule has 0 bridgehead atoms. The van der Waals surface area contributed by atoms with Crippen molar-refractivity contribution in [2.45, 2.75) is 13.5 Å². The molecule has 8 heteroatoms. The molecule has 0 aliphatic rings. The van der Waals surface area contributed by atoms with E-state index in [-0.39, 0.29) is 5.91 Å². The fourth-order valence-electron chi connectivity index (χ4n) is 2.31. The molecule has 0 fully saturated rings. The highest BCUT2D eigenvalue weighted by atomic mass is 35.5. The van der Waals surface area contributed by atoms with E-state index >= 15 is 0 Å². The molecule has 2 aromatic heterocycles. The largest absolute Gasteiger partial charge is 0.291 e. The van der Waals surface area contributed by atoms with E-state index in [1.807, 2.05) is 44.3 Å². The quantitative estimate of drug-likeness (QED) is 0.563. The van der Waals surface area contributed by atoms with Gasteiger partial charge in [-0.2, -0.15) is 15.3 Å². The Balaban J connectivity index is 1.60. The van der Waals surface area contributed by atoms with Gasteiger partial charge in [0.1, 0.15) is 0 Å². The SMILES string of the molecule is Cc1cc(C=NNC(=O)c2ccn(Cc3ccc(Cl)cc3)n2)n(C)n1. The molecule has 128 valence electrons. The van der Waals surface area contributed by atoms with Gasteiger partial charge in [0.05, 0.1) is 24.1 Å². The number of benzene rings is 1. The standard InChI is InChI=1S/C17H17ClN6O/c1-12-9-15(23(2)21-12)10-19-20-17(25)16-7-8-24(22-16)11-13-3-5-14(18)6-4-13/h3-10H,11H2,1-2H3,(H,20,25). The Bertz CT molecular complexity index is 910. The Morgan fingerprint density at radius 3 is 2.72 bits per heavy atom. The molecule has 0 radical (unpaired) electrons. The Kier molecular flexibility index (Phi) is 4.95. The van der Waals surface area contributed by atoms with Crippen molar-refractivity contribution < 1.29 is 4.79 Å². The second-order valence-corrected chi connectivity index (χ2v) is 5.99. The van der Waals surface area contributed by atoms with Crippen LogP contribution in [0.2, 0.25) is 5.02 Å². The highest BCUT2D eigenvalue weighted by Crippen LogP contribution is 2.10. The van der Waals surface area contributed by atoms with Crippen LogP contribution >= 0.6 is 11.6 Å². The van der Waals surface area contributed by atoms with E-state index in [0.29, 0.717) is 17.3 Å². The topological polar surface area (TPSA) is 77.1 Å². The summed E-state index contributed by atoms with van der Waals surface area (Å²) < 4.78 is 3.37. The van der Waals surface area contributed by atoms with Gasteiger partial charge in [-0.1, -0.05) is 23.7 Å². The monoisotopic (exact) mass is 356 g/mol. The minimum Gasteiger partial charge on any atom is -0.268 e. The van der Waals surface area contributed by atoms with E-state index in [2.05, 4.69) is 20.7 Å². The molecule has 0 saturated carbocycles. The van der Waals surface area contributed by atoms with Gasteiger partial charge < -0.3 is 0 Å². The van der Waals surface area contributed by atoms with Crippen molar-refractivity contribution in [1.29, 1.82) is 0 Å². The van der Waals surface area contributed by atoms with Gasteiger partial charge in [0.2, 0.25) is 0 Å². The highest BCUT2D eigenvalue weighted by Gasteiger charge is 2.09. The molecule has 0 spiro atoms. The van der Waals surface area contributed by atoms with Crippen LogP contribution in [0.4, 0.5) is 0 Å². The number of hydrazone groups is 1. The molecule has 0 saturated heterocycles. The number of carbonyl (C=O) groups excluding carboxylic acids is 1. The number of halogens is 1. The third-order valence-electron chi connectivity index (χ3n) is 3.53. The molecular formula is C17H17ClN6O. The average molecular weight is 357 g/mol. The Hall–Kier alpha value is -2.93. The average Bonchev–Trinajstić information content (AvgIpc) is 3.16. The zero-order valence-corrected chi connectivity index (χ0v) is 14.6. The van der Waals surface area contributed by atoms with Gasteiger partial charge in [-0.05, 0) is 36.8 Å². The van der Waals surface area contributed by atoms with Crippen molar-refractivity contribution in [3.8, 4) is 0 Å². The summed E-state index contributed by atoms with van der Waals surface area (Å²) in [6.07, 6.45) is 3.29. The zero-order chi connectivity index (χ0) is 17.8. The predicted molar refractivity (Wildman–Crippen MR) is 95.8 cm³/mol. The summed E-state index contributed by atoms with van der Waals surface area (Å²) in [5, 5.41) is 13.1. The van der Waals surface area contributed by atoms with Crippen LogP contribution in [0.3, 0.4) is 0 Å². The first-order chi connectivity index (χ1) is 12.0. The van der Waals surface area contributed by atoms with Crippen molar-refractivity contribution in [3.05, 3.63) is 70.3 Å². The maximum Gasteiger partial charge on any atom is 0.291 e. The third-order valence-corrected chi connectivity index (χ3v) is 3.78. The lowest BCUT2D eigenvalue weighted by Gasteiger charge is -2.02. The molecule has 0 atom stereocenters. The van der Waals surface area contributed by atoms with E-state index < -0.39 is 0 Å². The van der Waals surface area contributed by atoms with E-state index in [4.69, 9.17) is 11.6 Å². The molecular weight excluding hydrogens is 340 g/mol. The van der Waals surface area contributed by atoms with Crippen LogP contribution in [0.5, 0.6) is 0 Å². The van der Waals surface area contributed by atoms with Gasteiger partial charge in [0, 0.05) is 18.3 Å². The number of hydrogen-bond acceptors (Lipinski definition) is 4. The fraction of sp³-hybridized carbons (Fsp3) is 0.176. The molecule has 0 unspecified atom stereocenters. The van der Waals surface area contributed by atoms with Gasteiger partial charge in [-0.25, -0.2) is 5.43 Å². The van der Waals surface area contributed by atoms with E-state index in [1.54, 1.807) is 27.8 Å². The minimum atomic E-state index is -0.370. The second kappa shape index (κ2) is 7.31. The van der Waals surface area contributed by atoms with Crippen molar-refractivity contribution in [1.82, 2.24) is 25.0 Å². The Morgan fingerprint density at radius 1 is 1.28 bits per heavy atom. The lowest BCUT2D eigenvalue weighted by Crippen LogP contribution is -2.19. The number of nitrogens with zero attached hydrogens (tertiary/aromatic N) is 5. The van der Waals surface area contributed by atoms with Crippen LogP contribution in [-0.4, -0.2) is 31.7 Å². The number of amides is 1. The van der Waals surface area contributed by atoms with Crippen LogP contribution < -0.4 is 5.43 Å². The van der Waals surface area contributed by atoms with Crippen molar-refractivity contribution in [2.24, 2.45) is 12.1 Å². The van der Waals surface area contributed by atoms with Crippen molar-refractivity contribution in [2.75, 3.05) is 0 Å². The number of nitrogens with one attached hydrogen (secondary N) is 1. The summed E-state index contributed by atoms with van der Waals surface area (Å²) in [5.74, 6) is -0.370. The maximum atomic E-state index is 12.1. The van der Waals surface area contributed by atoms with Gasteiger partial charge in [0.25, 0.3) is 5.91 Å². The van der Waals surface area contributed by atoms with E-state index in [9.17, 15) is 4.79 Å². The van der Waals surface area contributed by atoms with Crippen LogP contribution in [0.15, 0.2) is 47.7 Å². The molecule has 3 rings (SSSR count). The first kappa shape index (κ1) is 16.9. The number of aryl methyl sites for hydroxylation is 2. The summed E-state index contributed by atoms with van der Waals surface area (Å²) in [7, 11) is 1.81. The summed E-state index contributed by atoms with van der Waals surface area (Å²) >= 11 is 5.87. The first-order valence-corrected chi connectivity index (χ1v) is 8.01. The lowest BCUT2D eigenvalue weighted by atomic mass is 10.2. The minimum absolute atomic E-state index is 0.298. The molecule has 3 aromatic rings. The molecule has 0 aliphatic carbocycles. The van der Waals surface area contributed by atoms with Crippen LogP contribution in [0.25, 0.3) is 0 Å². The number of aromatic nitrogens is 4. The van der Waals surface area contributed by atoms with E-state index in [1.165, 1.54) is 0 Å². The first-order valence-electron chi connectivity index (χ1n) is 7.63. The van der Waals surface area contributed by atoms with Gasteiger partial charge in [0.15, 0.2) is 5.69 Å².